The van der Waals surface area contributed by atoms with E-state index in [1.807, 2.05) is 20.8 Å². The van der Waals surface area contributed by atoms with E-state index in [4.69, 9.17) is 0 Å². The molecular weight excluding hydrogens is 246 g/mol. The second-order valence-corrected chi connectivity index (χ2v) is 4.92. The Hall–Kier alpha value is -1.43. The van der Waals surface area contributed by atoms with Crippen LogP contribution in [0.25, 0.3) is 0 Å². The monoisotopic (exact) mass is 269 g/mol. The number of hydrogen-bond donors (Lipinski definition) is 2. The third-order valence-electron chi connectivity index (χ3n) is 3.20. The summed E-state index contributed by atoms with van der Waals surface area (Å²) in [7, 11) is 0. The van der Waals surface area contributed by atoms with Crippen LogP contribution in [0.4, 0.5) is 0 Å². The number of carbonyl (C=O) groups excluding carboxylic acids is 3. The predicted octanol–water partition coefficient (Wildman–Crippen LogP) is 0.0282. The van der Waals surface area contributed by atoms with Crippen molar-refractivity contribution in [1.29, 1.82) is 0 Å². The highest BCUT2D eigenvalue weighted by Crippen LogP contribution is 2.06. The fourth-order valence-electron chi connectivity index (χ4n) is 2.16. The lowest BCUT2D eigenvalue weighted by atomic mass is 10.1. The van der Waals surface area contributed by atoms with E-state index in [-0.39, 0.29) is 42.9 Å². The van der Waals surface area contributed by atoms with E-state index in [2.05, 4.69) is 10.6 Å². The van der Waals surface area contributed by atoms with E-state index in [1.54, 1.807) is 0 Å². The Labute approximate surface area is 113 Å². The molecule has 0 saturated carbocycles. The zero-order chi connectivity index (χ0) is 14.4. The summed E-state index contributed by atoms with van der Waals surface area (Å²) in [5.41, 5.74) is 0. The van der Waals surface area contributed by atoms with Crippen molar-refractivity contribution in [3.05, 3.63) is 0 Å². The van der Waals surface area contributed by atoms with E-state index in [1.165, 1.54) is 0 Å². The maximum absolute atomic E-state index is 12.0. The molecule has 1 saturated heterocycles. The normalized spacial score (nSPS) is 21.4. The number of amides is 3. The molecule has 6 heteroatoms. The fourth-order valence-corrected chi connectivity index (χ4v) is 2.16. The van der Waals surface area contributed by atoms with Gasteiger partial charge in [0.15, 0.2) is 0 Å². The molecule has 0 aliphatic carbocycles. The summed E-state index contributed by atoms with van der Waals surface area (Å²) >= 11 is 0. The van der Waals surface area contributed by atoms with E-state index >= 15 is 0 Å². The lowest BCUT2D eigenvalue weighted by molar-refractivity contribution is -0.152. The van der Waals surface area contributed by atoms with E-state index in [0.717, 1.165) is 17.7 Å². The molecule has 2 unspecified atom stereocenters. The molecule has 6 nitrogen and oxygen atoms in total. The van der Waals surface area contributed by atoms with Crippen molar-refractivity contribution < 1.29 is 14.4 Å². The number of hydrogen-bond acceptors (Lipinski definition) is 4. The Kier molecular flexibility index (Phi) is 5.95. The number of imide groups is 1. The first-order valence-corrected chi connectivity index (χ1v) is 6.86. The van der Waals surface area contributed by atoms with Crippen LogP contribution >= 0.6 is 0 Å². The molecule has 0 spiro atoms. The van der Waals surface area contributed by atoms with Gasteiger partial charge < -0.3 is 5.32 Å². The minimum atomic E-state index is -0.362. The van der Waals surface area contributed by atoms with Crippen molar-refractivity contribution in [2.75, 3.05) is 13.1 Å². The molecule has 1 heterocycles. The molecule has 3 amide bonds. The minimum absolute atomic E-state index is 0.0626. The third-order valence-corrected chi connectivity index (χ3v) is 3.20. The largest absolute Gasteiger partial charge is 0.352 e. The van der Waals surface area contributed by atoms with Crippen LogP contribution in [0.1, 0.15) is 40.0 Å². The van der Waals surface area contributed by atoms with Crippen LogP contribution in [-0.2, 0) is 14.4 Å². The highest BCUT2D eigenvalue weighted by molar-refractivity contribution is 6.03. The molecule has 108 valence electrons. The van der Waals surface area contributed by atoms with Crippen molar-refractivity contribution in [3.8, 4) is 0 Å². The first kappa shape index (κ1) is 15.6. The standard InChI is InChI=1S/C13H23N3O3/c1-4-6-9(3)15-11(17)8-16-12(18)7-14-10(5-2)13(16)19/h9-10,14H,4-8H2,1-3H3,(H,15,17). The van der Waals surface area contributed by atoms with E-state index < -0.39 is 0 Å². The molecule has 0 aromatic heterocycles. The molecule has 1 aliphatic rings. The zero-order valence-corrected chi connectivity index (χ0v) is 11.9. The Balaban J connectivity index is 2.56. The number of nitrogens with zero attached hydrogens (tertiary/aromatic N) is 1. The van der Waals surface area contributed by atoms with Crippen molar-refractivity contribution >= 4 is 17.7 Å². The third kappa shape index (κ3) is 4.31. The molecule has 19 heavy (non-hydrogen) atoms. The molecule has 0 bridgehead atoms. The lowest BCUT2D eigenvalue weighted by Crippen LogP contribution is -2.59. The fraction of sp³-hybridized carbons (Fsp3) is 0.769. The Morgan fingerprint density at radius 1 is 1.47 bits per heavy atom. The van der Waals surface area contributed by atoms with Crippen LogP contribution < -0.4 is 10.6 Å². The van der Waals surface area contributed by atoms with Gasteiger partial charge in [-0.1, -0.05) is 20.3 Å². The molecule has 2 atom stereocenters. The number of piperazine rings is 1. The maximum atomic E-state index is 12.0. The van der Waals surface area contributed by atoms with Gasteiger partial charge in [-0.15, -0.1) is 0 Å². The summed E-state index contributed by atoms with van der Waals surface area (Å²) in [4.78, 5) is 36.5. The summed E-state index contributed by atoms with van der Waals surface area (Å²) in [5.74, 6) is -0.926. The van der Waals surface area contributed by atoms with Gasteiger partial charge in [0.05, 0.1) is 12.6 Å². The molecule has 1 rings (SSSR count). The van der Waals surface area contributed by atoms with Crippen LogP contribution in [0.3, 0.4) is 0 Å². The second kappa shape index (κ2) is 7.23. The van der Waals surface area contributed by atoms with Gasteiger partial charge in [-0.25, -0.2) is 0 Å². The predicted molar refractivity (Wildman–Crippen MR) is 71.3 cm³/mol. The average molecular weight is 269 g/mol. The van der Waals surface area contributed by atoms with Gasteiger partial charge in [0.1, 0.15) is 6.54 Å². The van der Waals surface area contributed by atoms with Gasteiger partial charge in [0, 0.05) is 6.04 Å². The van der Waals surface area contributed by atoms with Crippen LogP contribution in [0.5, 0.6) is 0 Å². The first-order valence-electron chi connectivity index (χ1n) is 6.86. The number of rotatable bonds is 6. The minimum Gasteiger partial charge on any atom is -0.352 e. The lowest BCUT2D eigenvalue weighted by Gasteiger charge is -2.30. The smallest absolute Gasteiger partial charge is 0.246 e. The van der Waals surface area contributed by atoms with Gasteiger partial charge in [-0.05, 0) is 19.8 Å². The summed E-state index contributed by atoms with van der Waals surface area (Å²) in [6.45, 7) is 5.76. The zero-order valence-electron chi connectivity index (χ0n) is 11.9. The van der Waals surface area contributed by atoms with Gasteiger partial charge in [0.25, 0.3) is 0 Å². The van der Waals surface area contributed by atoms with Crippen molar-refractivity contribution in [3.63, 3.8) is 0 Å². The summed E-state index contributed by atoms with van der Waals surface area (Å²) in [5, 5.41) is 5.66. The van der Waals surface area contributed by atoms with E-state index in [0.29, 0.717) is 6.42 Å². The van der Waals surface area contributed by atoms with Crippen LogP contribution in [-0.4, -0.2) is 47.8 Å². The van der Waals surface area contributed by atoms with Crippen LogP contribution in [0.2, 0.25) is 0 Å². The van der Waals surface area contributed by atoms with Crippen molar-refractivity contribution in [1.82, 2.24) is 15.5 Å². The van der Waals surface area contributed by atoms with Crippen molar-refractivity contribution in [2.45, 2.75) is 52.1 Å². The van der Waals surface area contributed by atoms with Crippen LogP contribution in [0.15, 0.2) is 0 Å². The molecule has 1 fully saturated rings. The van der Waals surface area contributed by atoms with Gasteiger partial charge in [-0.3, -0.25) is 24.6 Å². The molecule has 2 N–H and O–H groups in total. The Morgan fingerprint density at radius 3 is 2.74 bits per heavy atom. The summed E-state index contributed by atoms with van der Waals surface area (Å²) in [6, 6.07) is -0.300. The highest BCUT2D eigenvalue weighted by Gasteiger charge is 2.33. The molecule has 0 aromatic carbocycles. The molecular formula is C13H23N3O3. The molecule has 1 aliphatic heterocycles. The topological polar surface area (TPSA) is 78.5 Å². The number of carbonyl (C=O) groups is 3. The SMILES string of the molecule is CCCC(C)NC(=O)CN1C(=O)CNC(CC)C1=O. The van der Waals surface area contributed by atoms with Crippen LogP contribution in [0, 0.1) is 0 Å². The van der Waals surface area contributed by atoms with Gasteiger partial charge in [-0.2, -0.15) is 0 Å². The van der Waals surface area contributed by atoms with Crippen molar-refractivity contribution in [2.24, 2.45) is 0 Å². The maximum Gasteiger partial charge on any atom is 0.246 e. The van der Waals surface area contributed by atoms with Gasteiger partial charge in [0.2, 0.25) is 17.7 Å². The quantitative estimate of drug-likeness (QED) is 0.667. The average Bonchev–Trinajstić information content (AvgIpc) is 2.35. The van der Waals surface area contributed by atoms with Gasteiger partial charge >= 0.3 is 0 Å². The summed E-state index contributed by atoms with van der Waals surface area (Å²) < 4.78 is 0. The molecule has 0 radical (unpaired) electrons. The second-order valence-electron chi connectivity index (χ2n) is 4.92. The number of nitrogens with one attached hydrogen (secondary N) is 2. The summed E-state index contributed by atoms with van der Waals surface area (Å²) in [6.07, 6.45) is 2.47. The first-order chi connectivity index (χ1) is 8.99. The highest BCUT2D eigenvalue weighted by atomic mass is 16.2. The van der Waals surface area contributed by atoms with E-state index in [9.17, 15) is 14.4 Å². The molecule has 0 aromatic rings. The Bertz CT molecular complexity index is 357. The Morgan fingerprint density at radius 2 is 2.16 bits per heavy atom.